The van der Waals surface area contributed by atoms with E-state index in [2.05, 4.69) is 5.32 Å². The maximum absolute atomic E-state index is 10.7. The molecular formula is C10H13NO2S. The molecule has 1 heterocycles. The van der Waals surface area contributed by atoms with Crippen LogP contribution in [0.15, 0.2) is 16.8 Å². The van der Waals surface area contributed by atoms with E-state index in [9.17, 15) is 4.79 Å². The van der Waals surface area contributed by atoms with Crippen molar-refractivity contribution in [3.8, 4) is 0 Å². The largest absolute Gasteiger partial charge is 0.478 e. The van der Waals surface area contributed by atoms with E-state index in [0.717, 1.165) is 18.5 Å². The van der Waals surface area contributed by atoms with E-state index in [-0.39, 0.29) is 0 Å². The Labute approximate surface area is 87.1 Å². The van der Waals surface area contributed by atoms with Crippen LogP contribution in [0.1, 0.15) is 22.3 Å². The monoisotopic (exact) mass is 211 g/mol. The van der Waals surface area contributed by atoms with Crippen LogP contribution in [0.5, 0.6) is 0 Å². The molecule has 0 saturated heterocycles. The topological polar surface area (TPSA) is 49.3 Å². The lowest BCUT2D eigenvalue weighted by molar-refractivity contribution is 0.0697. The molecule has 3 nitrogen and oxygen atoms in total. The van der Waals surface area contributed by atoms with Crippen LogP contribution in [0.25, 0.3) is 6.08 Å². The number of carboxylic acid groups (broad SMARTS) is 1. The van der Waals surface area contributed by atoms with Crippen molar-refractivity contribution in [3.63, 3.8) is 0 Å². The second-order valence-electron chi connectivity index (χ2n) is 2.84. The highest BCUT2D eigenvalue weighted by molar-refractivity contribution is 7.08. The number of hydrogen-bond acceptors (Lipinski definition) is 3. The second kappa shape index (κ2) is 5.57. The molecule has 1 rings (SSSR count). The quantitative estimate of drug-likeness (QED) is 0.733. The second-order valence-corrected chi connectivity index (χ2v) is 3.58. The number of aromatic carboxylic acids is 1. The normalized spacial score (nSPS) is 10.9. The standard InChI is InChI=1S/C10H13NO2S/c1-11-5-3-2-4-8-6-14-7-9(8)10(12)13/h2,4,6-7,11H,3,5H2,1H3,(H,12,13). The van der Waals surface area contributed by atoms with E-state index >= 15 is 0 Å². The summed E-state index contributed by atoms with van der Waals surface area (Å²) in [7, 11) is 1.89. The SMILES string of the molecule is CNCCC=Cc1cscc1C(=O)O. The molecule has 1 aromatic heterocycles. The Bertz CT molecular complexity index is 331. The summed E-state index contributed by atoms with van der Waals surface area (Å²) < 4.78 is 0. The highest BCUT2D eigenvalue weighted by Gasteiger charge is 2.07. The third-order valence-electron chi connectivity index (χ3n) is 1.78. The fourth-order valence-electron chi connectivity index (χ4n) is 1.05. The Balaban J connectivity index is 2.62. The van der Waals surface area contributed by atoms with Crippen molar-refractivity contribution in [2.24, 2.45) is 0 Å². The summed E-state index contributed by atoms with van der Waals surface area (Å²) in [5.74, 6) is -0.862. The molecule has 0 unspecified atom stereocenters. The Kier molecular flexibility index (Phi) is 4.35. The Hall–Kier alpha value is -1.13. The van der Waals surface area contributed by atoms with Crippen LogP contribution in [0, 0.1) is 0 Å². The van der Waals surface area contributed by atoms with Crippen LogP contribution in [0.2, 0.25) is 0 Å². The first-order valence-corrected chi connectivity index (χ1v) is 5.30. The first kappa shape index (κ1) is 10.9. The molecule has 14 heavy (non-hydrogen) atoms. The molecule has 0 aliphatic carbocycles. The molecule has 4 heteroatoms. The smallest absolute Gasteiger partial charge is 0.337 e. The number of carboxylic acids is 1. The molecule has 0 fully saturated rings. The summed E-state index contributed by atoms with van der Waals surface area (Å²) in [6.07, 6.45) is 4.74. The van der Waals surface area contributed by atoms with Gasteiger partial charge in [0.15, 0.2) is 0 Å². The van der Waals surface area contributed by atoms with Crippen molar-refractivity contribution in [3.05, 3.63) is 28.0 Å². The molecule has 2 N–H and O–H groups in total. The van der Waals surface area contributed by atoms with E-state index < -0.39 is 5.97 Å². The Morgan fingerprint density at radius 3 is 3.07 bits per heavy atom. The maximum Gasteiger partial charge on any atom is 0.337 e. The summed E-state index contributed by atoms with van der Waals surface area (Å²) in [6, 6.07) is 0. The molecule has 0 aliphatic heterocycles. The van der Waals surface area contributed by atoms with Gasteiger partial charge in [-0.05, 0) is 31.0 Å². The van der Waals surface area contributed by atoms with E-state index in [1.807, 2.05) is 24.6 Å². The van der Waals surface area contributed by atoms with Gasteiger partial charge in [0.25, 0.3) is 0 Å². The van der Waals surface area contributed by atoms with Crippen LogP contribution in [-0.4, -0.2) is 24.7 Å². The number of thiophene rings is 1. The minimum Gasteiger partial charge on any atom is -0.478 e. The third kappa shape index (κ3) is 2.97. The van der Waals surface area contributed by atoms with Crippen molar-refractivity contribution in [2.75, 3.05) is 13.6 Å². The Morgan fingerprint density at radius 1 is 1.64 bits per heavy atom. The summed E-state index contributed by atoms with van der Waals surface area (Å²) in [6.45, 7) is 0.906. The predicted octanol–water partition coefficient (Wildman–Crippen LogP) is 2.07. The fraction of sp³-hybridized carbons (Fsp3) is 0.300. The first-order valence-electron chi connectivity index (χ1n) is 4.36. The lowest BCUT2D eigenvalue weighted by atomic mass is 10.2. The van der Waals surface area contributed by atoms with Gasteiger partial charge in [0.1, 0.15) is 0 Å². The van der Waals surface area contributed by atoms with Gasteiger partial charge < -0.3 is 10.4 Å². The summed E-state index contributed by atoms with van der Waals surface area (Å²) in [5.41, 5.74) is 1.18. The summed E-state index contributed by atoms with van der Waals surface area (Å²) in [4.78, 5) is 10.7. The van der Waals surface area contributed by atoms with Crippen molar-refractivity contribution in [1.29, 1.82) is 0 Å². The van der Waals surface area contributed by atoms with E-state index in [1.54, 1.807) is 5.38 Å². The maximum atomic E-state index is 10.7. The number of rotatable bonds is 5. The number of nitrogens with one attached hydrogen (secondary N) is 1. The molecule has 0 aromatic carbocycles. The average molecular weight is 211 g/mol. The molecule has 1 aromatic rings. The van der Waals surface area contributed by atoms with Crippen molar-refractivity contribution in [2.45, 2.75) is 6.42 Å². The fourth-order valence-corrected chi connectivity index (χ4v) is 1.84. The molecule has 0 spiro atoms. The van der Waals surface area contributed by atoms with Gasteiger partial charge in [-0.1, -0.05) is 12.2 Å². The van der Waals surface area contributed by atoms with Crippen LogP contribution in [-0.2, 0) is 0 Å². The van der Waals surface area contributed by atoms with Gasteiger partial charge in [-0.25, -0.2) is 4.79 Å². The predicted molar refractivity (Wildman–Crippen MR) is 58.9 cm³/mol. The van der Waals surface area contributed by atoms with Crippen LogP contribution >= 0.6 is 11.3 Å². The van der Waals surface area contributed by atoms with Gasteiger partial charge in [-0.2, -0.15) is 11.3 Å². The lowest BCUT2D eigenvalue weighted by Crippen LogP contribution is -2.05. The van der Waals surface area contributed by atoms with Crippen molar-refractivity contribution >= 4 is 23.4 Å². The van der Waals surface area contributed by atoms with Gasteiger partial charge in [0, 0.05) is 5.38 Å². The minimum absolute atomic E-state index is 0.385. The highest BCUT2D eigenvalue weighted by atomic mass is 32.1. The molecule has 0 amide bonds. The Morgan fingerprint density at radius 2 is 2.43 bits per heavy atom. The molecule has 0 aliphatic rings. The number of hydrogen-bond donors (Lipinski definition) is 2. The summed E-state index contributed by atoms with van der Waals surface area (Å²) in [5, 5.41) is 15.3. The first-order chi connectivity index (χ1) is 6.75. The van der Waals surface area contributed by atoms with E-state index in [1.165, 1.54) is 11.3 Å². The van der Waals surface area contributed by atoms with Gasteiger partial charge in [0.2, 0.25) is 0 Å². The molecular weight excluding hydrogens is 198 g/mol. The zero-order valence-corrected chi connectivity index (χ0v) is 8.80. The number of carbonyl (C=O) groups is 1. The molecule has 0 saturated carbocycles. The highest BCUT2D eigenvalue weighted by Crippen LogP contribution is 2.16. The molecule has 0 atom stereocenters. The average Bonchev–Trinajstić information content (AvgIpc) is 2.60. The van der Waals surface area contributed by atoms with Gasteiger partial charge in [0.05, 0.1) is 5.56 Å². The van der Waals surface area contributed by atoms with Gasteiger partial charge in [-0.15, -0.1) is 0 Å². The van der Waals surface area contributed by atoms with Gasteiger partial charge >= 0.3 is 5.97 Å². The van der Waals surface area contributed by atoms with Crippen molar-refractivity contribution in [1.82, 2.24) is 5.32 Å². The lowest BCUT2D eigenvalue weighted by Gasteiger charge is -1.93. The molecule has 0 radical (unpaired) electrons. The molecule has 0 bridgehead atoms. The van der Waals surface area contributed by atoms with Crippen LogP contribution < -0.4 is 5.32 Å². The van der Waals surface area contributed by atoms with E-state index in [0.29, 0.717) is 5.56 Å². The zero-order valence-electron chi connectivity index (χ0n) is 7.99. The third-order valence-corrected chi connectivity index (χ3v) is 2.54. The van der Waals surface area contributed by atoms with Crippen LogP contribution in [0.3, 0.4) is 0 Å². The van der Waals surface area contributed by atoms with Crippen LogP contribution in [0.4, 0.5) is 0 Å². The summed E-state index contributed by atoms with van der Waals surface area (Å²) >= 11 is 1.41. The van der Waals surface area contributed by atoms with Gasteiger partial charge in [-0.3, -0.25) is 0 Å². The van der Waals surface area contributed by atoms with Crippen molar-refractivity contribution < 1.29 is 9.90 Å². The minimum atomic E-state index is -0.862. The zero-order chi connectivity index (χ0) is 10.4. The molecule has 76 valence electrons. The van der Waals surface area contributed by atoms with E-state index in [4.69, 9.17) is 5.11 Å².